The Labute approximate surface area is 115 Å². The maximum Gasteiger partial charge on any atom is 0.0201 e. The highest BCUT2D eigenvalue weighted by molar-refractivity contribution is 6.74. The molecule has 0 spiro atoms. The quantitative estimate of drug-likeness (QED) is 0.492. The summed E-state index contributed by atoms with van der Waals surface area (Å²) in [6.07, 6.45) is 17.7. The molecule has 0 aromatic rings. The number of unbranched alkanes of at least 4 members (excludes halogenated alkanes) is 3. The molecule has 18 heavy (non-hydrogen) atoms. The van der Waals surface area contributed by atoms with Crippen molar-refractivity contribution >= 4 is 13.6 Å². The van der Waals surface area contributed by atoms with Gasteiger partial charge >= 0.3 is 0 Å². The van der Waals surface area contributed by atoms with Crippen LogP contribution in [-0.4, -0.2) is 13.6 Å². The Hall–Kier alpha value is -0.433. The summed E-state index contributed by atoms with van der Waals surface area (Å²) in [6, 6.07) is 2.91. The molecule has 0 bridgehead atoms. The molecule has 0 unspecified atom stereocenters. The van der Waals surface area contributed by atoms with Crippen LogP contribution in [0.4, 0.5) is 0 Å². The Balaban J connectivity index is 2.66. The first-order valence-electron chi connectivity index (χ1n) is 7.84. The Kier molecular flexibility index (Phi) is 8.24. The molecule has 1 radical (unpaired) electrons. The Morgan fingerprint density at radius 1 is 0.944 bits per heavy atom. The van der Waals surface area contributed by atoms with Crippen molar-refractivity contribution < 1.29 is 0 Å². The van der Waals surface area contributed by atoms with Crippen LogP contribution in [0.25, 0.3) is 0 Å². The molecule has 0 atom stereocenters. The first-order chi connectivity index (χ1) is 8.81. The maximum atomic E-state index is 3.58. The lowest BCUT2D eigenvalue weighted by Gasteiger charge is -2.07. The van der Waals surface area contributed by atoms with Gasteiger partial charge in [0.25, 0.3) is 0 Å². The van der Waals surface area contributed by atoms with Gasteiger partial charge in [-0.1, -0.05) is 65.0 Å². The predicted octanol–water partition coefficient (Wildman–Crippen LogP) is 5.33. The normalized spacial score (nSPS) is 14.2. The lowest BCUT2D eigenvalue weighted by atomic mass is 10.1. The number of hydrogen-bond donors (Lipinski definition) is 0. The molecule has 0 fully saturated rings. The van der Waals surface area contributed by atoms with Crippen molar-refractivity contribution in [2.24, 2.45) is 0 Å². The topological polar surface area (TPSA) is 0 Å². The van der Waals surface area contributed by atoms with Gasteiger partial charge in [0, 0.05) is 8.41 Å². The van der Waals surface area contributed by atoms with E-state index in [9.17, 15) is 0 Å². The van der Waals surface area contributed by atoms with E-state index in [1.807, 2.05) is 0 Å². The standard InChI is InChI=1S/C17H29Si/c1-4-7-10-16-11-12-17(15-16)18(13-8-5-2)14-9-6-3/h11,15H,4-10,13-14H2,1-3H3. The minimum absolute atomic E-state index is 0.307. The molecule has 1 rings (SSSR count). The molecule has 0 saturated carbocycles. The Morgan fingerprint density at radius 2 is 1.56 bits per heavy atom. The van der Waals surface area contributed by atoms with Gasteiger partial charge in [-0.3, -0.25) is 0 Å². The maximum absolute atomic E-state index is 3.58. The van der Waals surface area contributed by atoms with Gasteiger partial charge in [-0.05, 0) is 41.7 Å². The summed E-state index contributed by atoms with van der Waals surface area (Å²) in [7, 11) is -0.307. The fraction of sp³-hybridized carbons (Fsp3) is 0.706. The average molecular weight is 262 g/mol. The zero-order valence-electron chi connectivity index (χ0n) is 12.5. The van der Waals surface area contributed by atoms with E-state index in [0.29, 0.717) is 0 Å². The summed E-state index contributed by atoms with van der Waals surface area (Å²) in [5.41, 5.74) is 1.53. The number of hydrogen-bond acceptors (Lipinski definition) is 0. The molecule has 0 amide bonds. The summed E-state index contributed by atoms with van der Waals surface area (Å²) in [5, 5.41) is 1.59. The van der Waals surface area contributed by atoms with E-state index in [2.05, 4.69) is 39.0 Å². The minimum Gasteiger partial charge on any atom is -0.0654 e. The van der Waals surface area contributed by atoms with Crippen molar-refractivity contribution in [2.75, 3.05) is 0 Å². The van der Waals surface area contributed by atoms with Gasteiger partial charge in [0.05, 0.1) is 0 Å². The van der Waals surface area contributed by atoms with Crippen molar-refractivity contribution in [3.05, 3.63) is 23.8 Å². The van der Waals surface area contributed by atoms with Crippen molar-refractivity contribution in [3.8, 4) is 0 Å². The fourth-order valence-corrected chi connectivity index (χ4v) is 5.36. The molecule has 0 heterocycles. The van der Waals surface area contributed by atoms with Crippen molar-refractivity contribution in [3.63, 3.8) is 0 Å². The second-order valence-corrected chi connectivity index (χ2v) is 8.08. The highest BCUT2D eigenvalue weighted by Gasteiger charge is 2.09. The van der Waals surface area contributed by atoms with Crippen molar-refractivity contribution in [1.29, 1.82) is 0 Å². The van der Waals surface area contributed by atoms with Crippen LogP contribution in [0.5, 0.6) is 0 Å². The molecule has 0 N–H and O–H groups in total. The Bertz CT molecular complexity index is 311. The third-order valence-electron chi connectivity index (χ3n) is 3.61. The van der Waals surface area contributed by atoms with Gasteiger partial charge < -0.3 is 0 Å². The van der Waals surface area contributed by atoms with Gasteiger partial charge in [-0.25, -0.2) is 0 Å². The lowest BCUT2D eigenvalue weighted by molar-refractivity contribution is 0.799. The van der Waals surface area contributed by atoms with E-state index in [1.165, 1.54) is 62.6 Å². The number of allylic oxidation sites excluding steroid dienone is 4. The van der Waals surface area contributed by atoms with Gasteiger partial charge in [0.1, 0.15) is 0 Å². The summed E-state index contributed by atoms with van der Waals surface area (Å²) in [6.45, 7) is 6.88. The van der Waals surface area contributed by atoms with E-state index in [1.54, 1.807) is 5.17 Å². The van der Waals surface area contributed by atoms with Crippen LogP contribution in [0.2, 0.25) is 12.1 Å². The Morgan fingerprint density at radius 3 is 2.11 bits per heavy atom. The van der Waals surface area contributed by atoms with Crippen molar-refractivity contribution in [1.82, 2.24) is 0 Å². The summed E-state index contributed by atoms with van der Waals surface area (Å²) >= 11 is 0. The van der Waals surface area contributed by atoms with Crippen LogP contribution >= 0.6 is 0 Å². The highest BCUT2D eigenvalue weighted by atomic mass is 28.2. The third-order valence-corrected chi connectivity index (χ3v) is 6.57. The van der Waals surface area contributed by atoms with Crippen LogP contribution in [0.15, 0.2) is 17.7 Å². The second-order valence-electron chi connectivity index (χ2n) is 5.34. The largest absolute Gasteiger partial charge is 0.0654 e. The smallest absolute Gasteiger partial charge is 0.0201 e. The minimum atomic E-state index is -0.307. The van der Waals surface area contributed by atoms with E-state index in [4.69, 9.17) is 0 Å². The van der Waals surface area contributed by atoms with E-state index in [-0.39, 0.29) is 8.41 Å². The molecule has 1 aliphatic carbocycles. The fourth-order valence-electron chi connectivity index (χ4n) is 2.34. The zero-order valence-corrected chi connectivity index (χ0v) is 13.5. The molecular formula is C17H29Si. The van der Waals surface area contributed by atoms with E-state index in [0.717, 1.165) is 0 Å². The van der Waals surface area contributed by atoms with Gasteiger partial charge in [0.15, 0.2) is 0 Å². The van der Waals surface area contributed by atoms with Crippen LogP contribution in [0.1, 0.15) is 65.7 Å². The zero-order chi connectivity index (χ0) is 13.2. The second kappa shape index (κ2) is 9.49. The molecule has 101 valence electrons. The molecule has 0 nitrogen and oxygen atoms in total. The van der Waals surface area contributed by atoms with Crippen molar-refractivity contribution in [2.45, 2.75) is 77.8 Å². The first kappa shape index (κ1) is 15.6. The van der Waals surface area contributed by atoms with E-state index >= 15 is 0 Å². The average Bonchev–Trinajstić information content (AvgIpc) is 2.85. The SMILES string of the molecule is CCCCC1=CC(=[Si](CCCC)CCCC)[C]=C1. The molecule has 0 aromatic carbocycles. The molecule has 1 heteroatoms. The van der Waals surface area contributed by atoms with Gasteiger partial charge in [0.2, 0.25) is 0 Å². The highest BCUT2D eigenvalue weighted by Crippen LogP contribution is 2.16. The molecule has 0 saturated heterocycles. The first-order valence-corrected chi connectivity index (χ1v) is 9.75. The predicted molar refractivity (Wildman–Crippen MR) is 85.6 cm³/mol. The molecular weight excluding hydrogens is 232 g/mol. The molecule has 1 aliphatic rings. The lowest BCUT2D eigenvalue weighted by Crippen LogP contribution is -2.11. The van der Waals surface area contributed by atoms with Gasteiger partial charge in [-0.2, -0.15) is 0 Å². The molecule has 0 aliphatic heterocycles. The summed E-state index contributed by atoms with van der Waals surface area (Å²) < 4.78 is 0. The third kappa shape index (κ3) is 5.47. The van der Waals surface area contributed by atoms with Crippen LogP contribution in [0, 0.1) is 6.08 Å². The van der Waals surface area contributed by atoms with Crippen LogP contribution in [-0.2, 0) is 0 Å². The van der Waals surface area contributed by atoms with Crippen LogP contribution < -0.4 is 0 Å². The summed E-state index contributed by atoms with van der Waals surface area (Å²) in [4.78, 5) is 0. The van der Waals surface area contributed by atoms with Gasteiger partial charge in [-0.15, -0.1) is 0 Å². The number of rotatable bonds is 9. The summed E-state index contributed by atoms with van der Waals surface area (Å²) in [5.74, 6) is 0. The molecule has 0 aromatic heterocycles. The van der Waals surface area contributed by atoms with Crippen LogP contribution in [0.3, 0.4) is 0 Å². The monoisotopic (exact) mass is 261 g/mol. The van der Waals surface area contributed by atoms with E-state index < -0.39 is 0 Å².